The normalized spacial score (nSPS) is 14.0. The van der Waals surface area contributed by atoms with Crippen LogP contribution in [-0.2, 0) is 0 Å². The fourth-order valence-electron chi connectivity index (χ4n) is 2.28. The van der Waals surface area contributed by atoms with Crippen molar-refractivity contribution in [2.45, 2.75) is 13.0 Å². The lowest BCUT2D eigenvalue weighted by atomic mass is 10.1. The molecule has 1 aliphatic rings. The molecule has 0 aliphatic carbocycles. The van der Waals surface area contributed by atoms with Crippen LogP contribution in [0, 0.1) is 17.0 Å². The average Bonchev–Trinajstić information content (AvgIpc) is 2.59. The van der Waals surface area contributed by atoms with E-state index in [1.54, 1.807) is 6.92 Å². The molecule has 1 saturated heterocycles. The summed E-state index contributed by atoms with van der Waals surface area (Å²) >= 11 is 1.86. The molecule has 0 atom stereocenters. The molecule has 134 valence electrons. The number of carbonyl (C=O) groups excluding carboxylic acids is 1. The lowest BCUT2D eigenvalue weighted by molar-refractivity contribution is -0.385. The Morgan fingerprint density at radius 3 is 2.65 bits per heavy atom. The van der Waals surface area contributed by atoms with Crippen LogP contribution in [0.4, 0.5) is 5.69 Å². The molecule has 0 saturated carbocycles. The molecule has 0 spiro atoms. The molecule has 3 rings (SSSR count). The maximum atomic E-state index is 12.1. The van der Waals surface area contributed by atoms with Crippen molar-refractivity contribution >= 4 is 29.6 Å². The lowest BCUT2D eigenvalue weighted by Crippen LogP contribution is -2.30. The number of nitro benzene ring substituents is 1. The summed E-state index contributed by atoms with van der Waals surface area (Å²) in [5.74, 6) is 2.34. The van der Waals surface area contributed by atoms with Crippen molar-refractivity contribution in [2.75, 3.05) is 11.5 Å². The number of nitrogens with one attached hydrogen (secondary N) is 1. The first-order chi connectivity index (χ1) is 12.5. The first-order valence-electron chi connectivity index (χ1n) is 7.96. The standard InChI is InChI=1S/C18H17N3O4S/c1-12-2-5-14(8-17(12)21(23)24)18(22)20-19-9-13-3-6-15(7-4-13)25-16-10-26-11-16/h2-9,16H,10-11H2,1H3,(H,20,22). The summed E-state index contributed by atoms with van der Waals surface area (Å²) in [7, 11) is 0. The van der Waals surface area contributed by atoms with E-state index in [0.717, 1.165) is 22.8 Å². The maximum absolute atomic E-state index is 12.1. The van der Waals surface area contributed by atoms with Crippen LogP contribution in [0.25, 0.3) is 0 Å². The van der Waals surface area contributed by atoms with Crippen LogP contribution in [-0.4, -0.2) is 34.7 Å². The quantitative estimate of drug-likeness (QED) is 0.478. The third-order valence-corrected chi connectivity index (χ3v) is 5.05. The molecule has 0 bridgehead atoms. The first kappa shape index (κ1) is 17.9. The van der Waals surface area contributed by atoms with E-state index in [2.05, 4.69) is 10.5 Å². The van der Waals surface area contributed by atoms with E-state index < -0.39 is 10.8 Å². The van der Waals surface area contributed by atoms with Gasteiger partial charge in [0, 0.05) is 28.7 Å². The lowest BCUT2D eigenvalue weighted by Gasteiger charge is -2.25. The van der Waals surface area contributed by atoms with Gasteiger partial charge in [0.1, 0.15) is 11.9 Å². The number of nitro groups is 1. The Kier molecular flexibility index (Phi) is 5.52. The second kappa shape index (κ2) is 8.01. The molecule has 26 heavy (non-hydrogen) atoms. The molecule has 1 fully saturated rings. The van der Waals surface area contributed by atoms with Crippen LogP contribution in [0.2, 0.25) is 0 Å². The number of aryl methyl sites for hydroxylation is 1. The summed E-state index contributed by atoms with van der Waals surface area (Å²) in [5.41, 5.74) is 3.76. The Morgan fingerprint density at radius 2 is 2.04 bits per heavy atom. The molecule has 1 aliphatic heterocycles. The Bertz CT molecular complexity index is 848. The molecule has 7 nitrogen and oxygen atoms in total. The SMILES string of the molecule is Cc1ccc(C(=O)NN=Cc2ccc(OC3CSC3)cc2)cc1[N+](=O)[O-]. The van der Waals surface area contributed by atoms with Gasteiger partial charge in [-0.15, -0.1) is 0 Å². The van der Waals surface area contributed by atoms with E-state index in [4.69, 9.17) is 4.74 Å². The van der Waals surface area contributed by atoms with Gasteiger partial charge >= 0.3 is 0 Å². The van der Waals surface area contributed by atoms with Crippen LogP contribution in [0.3, 0.4) is 0 Å². The Hall–Kier alpha value is -2.87. The van der Waals surface area contributed by atoms with Crippen molar-refractivity contribution in [1.29, 1.82) is 0 Å². The zero-order valence-electron chi connectivity index (χ0n) is 14.0. The third kappa shape index (κ3) is 4.40. The van der Waals surface area contributed by atoms with Gasteiger partial charge in [-0.3, -0.25) is 14.9 Å². The number of rotatable bonds is 6. The largest absolute Gasteiger partial charge is 0.489 e. The topological polar surface area (TPSA) is 93.8 Å². The number of ether oxygens (including phenoxy) is 1. The molecule has 8 heteroatoms. The summed E-state index contributed by atoms with van der Waals surface area (Å²) < 4.78 is 5.76. The molecule has 0 unspecified atom stereocenters. The predicted octanol–water partition coefficient (Wildman–Crippen LogP) is 3.16. The highest BCUT2D eigenvalue weighted by Gasteiger charge is 2.19. The average molecular weight is 371 g/mol. The zero-order valence-corrected chi connectivity index (χ0v) is 14.9. The second-order valence-electron chi connectivity index (χ2n) is 5.80. The van der Waals surface area contributed by atoms with Gasteiger partial charge < -0.3 is 4.74 Å². The number of hydrogen-bond acceptors (Lipinski definition) is 6. The molecule has 0 aromatic heterocycles. The van der Waals surface area contributed by atoms with Crippen LogP contribution in [0.1, 0.15) is 21.5 Å². The van der Waals surface area contributed by atoms with E-state index in [-0.39, 0.29) is 17.4 Å². The van der Waals surface area contributed by atoms with Crippen LogP contribution < -0.4 is 10.2 Å². The molecule has 1 N–H and O–H groups in total. The molecule has 0 radical (unpaired) electrons. The predicted molar refractivity (Wildman–Crippen MR) is 101 cm³/mol. The summed E-state index contributed by atoms with van der Waals surface area (Å²) in [5, 5.41) is 14.8. The van der Waals surface area contributed by atoms with E-state index in [9.17, 15) is 14.9 Å². The van der Waals surface area contributed by atoms with Gasteiger partial charge in [-0.05, 0) is 42.8 Å². The minimum atomic E-state index is -0.513. The van der Waals surface area contributed by atoms with Gasteiger partial charge in [0.05, 0.1) is 11.1 Å². The van der Waals surface area contributed by atoms with Gasteiger partial charge in [-0.2, -0.15) is 16.9 Å². The number of carbonyl (C=O) groups is 1. The van der Waals surface area contributed by atoms with Crippen molar-refractivity contribution in [3.05, 3.63) is 69.3 Å². The number of nitrogens with zero attached hydrogens (tertiary/aromatic N) is 2. The van der Waals surface area contributed by atoms with Gasteiger partial charge in [-0.25, -0.2) is 5.43 Å². The van der Waals surface area contributed by atoms with E-state index in [0.29, 0.717) is 5.56 Å². The number of benzene rings is 2. The summed E-state index contributed by atoms with van der Waals surface area (Å²) in [6.07, 6.45) is 1.79. The van der Waals surface area contributed by atoms with Gasteiger partial charge in [-0.1, -0.05) is 6.07 Å². The fraction of sp³-hybridized carbons (Fsp3) is 0.222. The van der Waals surface area contributed by atoms with Crippen molar-refractivity contribution < 1.29 is 14.5 Å². The van der Waals surface area contributed by atoms with Gasteiger partial charge in [0.15, 0.2) is 0 Å². The van der Waals surface area contributed by atoms with Gasteiger partial charge in [0.25, 0.3) is 11.6 Å². The van der Waals surface area contributed by atoms with Crippen LogP contribution in [0.15, 0.2) is 47.6 Å². The van der Waals surface area contributed by atoms with E-state index in [1.807, 2.05) is 36.0 Å². The van der Waals surface area contributed by atoms with Crippen molar-refractivity contribution in [2.24, 2.45) is 5.10 Å². The molecule has 2 aromatic carbocycles. The summed E-state index contributed by atoms with van der Waals surface area (Å²) in [6.45, 7) is 1.62. The first-order valence-corrected chi connectivity index (χ1v) is 9.11. The summed E-state index contributed by atoms with van der Waals surface area (Å²) in [4.78, 5) is 22.5. The number of thioether (sulfide) groups is 1. The Labute approximate surface area is 154 Å². The van der Waals surface area contributed by atoms with E-state index >= 15 is 0 Å². The monoisotopic (exact) mass is 371 g/mol. The van der Waals surface area contributed by atoms with E-state index in [1.165, 1.54) is 24.4 Å². The number of hydrazone groups is 1. The van der Waals surface area contributed by atoms with Crippen molar-refractivity contribution in [1.82, 2.24) is 5.43 Å². The van der Waals surface area contributed by atoms with Crippen molar-refractivity contribution in [3.8, 4) is 5.75 Å². The number of hydrogen-bond donors (Lipinski definition) is 1. The smallest absolute Gasteiger partial charge is 0.273 e. The minimum Gasteiger partial charge on any atom is -0.489 e. The minimum absolute atomic E-state index is 0.0953. The fourth-order valence-corrected chi connectivity index (χ4v) is 2.85. The van der Waals surface area contributed by atoms with Crippen molar-refractivity contribution in [3.63, 3.8) is 0 Å². The number of amides is 1. The molecular weight excluding hydrogens is 354 g/mol. The molecule has 1 heterocycles. The highest BCUT2D eigenvalue weighted by Crippen LogP contribution is 2.23. The highest BCUT2D eigenvalue weighted by atomic mass is 32.2. The van der Waals surface area contributed by atoms with Gasteiger partial charge in [0.2, 0.25) is 0 Å². The Balaban J connectivity index is 1.58. The Morgan fingerprint density at radius 1 is 1.31 bits per heavy atom. The summed E-state index contributed by atoms with van der Waals surface area (Å²) in [6, 6.07) is 11.7. The molecule has 2 aromatic rings. The third-order valence-electron chi connectivity index (χ3n) is 3.84. The second-order valence-corrected chi connectivity index (χ2v) is 6.88. The van der Waals surface area contributed by atoms with Crippen LogP contribution >= 0.6 is 11.8 Å². The van der Waals surface area contributed by atoms with Crippen LogP contribution in [0.5, 0.6) is 5.75 Å². The molecule has 1 amide bonds. The highest BCUT2D eigenvalue weighted by molar-refractivity contribution is 8.00. The molecular formula is C18H17N3O4S. The maximum Gasteiger partial charge on any atom is 0.273 e. The zero-order chi connectivity index (χ0) is 18.5.